The van der Waals surface area contributed by atoms with Crippen LogP contribution in [0.5, 0.6) is 0 Å². The van der Waals surface area contributed by atoms with Crippen molar-refractivity contribution in [1.82, 2.24) is 10.2 Å². The summed E-state index contributed by atoms with van der Waals surface area (Å²) in [5.74, 6) is -0.260. The highest BCUT2D eigenvalue weighted by Gasteiger charge is 2.24. The summed E-state index contributed by atoms with van der Waals surface area (Å²) in [6.07, 6.45) is 0. The summed E-state index contributed by atoms with van der Waals surface area (Å²) in [4.78, 5) is 11.6. The van der Waals surface area contributed by atoms with Crippen LogP contribution >= 0.6 is 11.3 Å². The van der Waals surface area contributed by atoms with Crippen LogP contribution in [-0.4, -0.2) is 21.6 Å². The number of rotatable bonds is 2. The average Bonchev–Trinajstić information content (AvgIpc) is 2.49. The number of carbonyl (C=O) groups is 1. The van der Waals surface area contributed by atoms with E-state index in [2.05, 4.69) is 15.5 Å². The number of nitrogens with two attached hydrogens (primary N) is 1. The lowest BCUT2D eigenvalue weighted by Crippen LogP contribution is -2.45. The maximum Gasteiger partial charge on any atom is 0.245 e. The highest BCUT2D eigenvalue weighted by molar-refractivity contribution is 7.15. The SMILES string of the molecule is CC(C)(N)C(=O)Nc1nnc(C(C)(C)C)s1. The first-order valence-corrected chi connectivity index (χ1v) is 5.86. The third kappa shape index (κ3) is 3.24. The zero-order valence-electron chi connectivity index (χ0n) is 10.3. The minimum absolute atomic E-state index is 0.0567. The van der Waals surface area contributed by atoms with Gasteiger partial charge in [0.05, 0.1) is 5.54 Å². The molecule has 0 aromatic carbocycles. The van der Waals surface area contributed by atoms with E-state index in [1.165, 1.54) is 11.3 Å². The Morgan fingerprint density at radius 1 is 1.25 bits per heavy atom. The molecule has 0 aliphatic carbocycles. The topological polar surface area (TPSA) is 80.9 Å². The Bertz CT molecular complexity index is 386. The summed E-state index contributed by atoms with van der Waals surface area (Å²) >= 11 is 1.37. The quantitative estimate of drug-likeness (QED) is 0.823. The first-order valence-electron chi connectivity index (χ1n) is 5.05. The summed E-state index contributed by atoms with van der Waals surface area (Å²) in [5.41, 5.74) is 4.70. The Balaban J connectivity index is 2.78. The van der Waals surface area contributed by atoms with Gasteiger partial charge in [0, 0.05) is 5.41 Å². The number of nitrogens with one attached hydrogen (secondary N) is 1. The van der Waals surface area contributed by atoms with Gasteiger partial charge < -0.3 is 5.73 Å². The van der Waals surface area contributed by atoms with Crippen molar-refractivity contribution in [2.45, 2.75) is 45.6 Å². The van der Waals surface area contributed by atoms with E-state index in [1.807, 2.05) is 20.8 Å². The molecule has 0 fully saturated rings. The largest absolute Gasteiger partial charge is 0.318 e. The van der Waals surface area contributed by atoms with Crippen LogP contribution in [0.1, 0.15) is 39.6 Å². The van der Waals surface area contributed by atoms with Gasteiger partial charge in [-0.2, -0.15) is 0 Å². The van der Waals surface area contributed by atoms with Gasteiger partial charge in [-0.25, -0.2) is 0 Å². The Morgan fingerprint density at radius 2 is 1.81 bits per heavy atom. The molecule has 6 heteroatoms. The molecule has 0 bridgehead atoms. The second-order valence-electron chi connectivity index (χ2n) is 5.34. The van der Waals surface area contributed by atoms with Crippen molar-refractivity contribution >= 4 is 22.4 Å². The number of hydrogen-bond acceptors (Lipinski definition) is 5. The van der Waals surface area contributed by atoms with Gasteiger partial charge in [0.25, 0.3) is 0 Å². The fourth-order valence-electron chi connectivity index (χ4n) is 0.835. The lowest BCUT2D eigenvalue weighted by atomic mass is 9.98. The molecule has 1 amide bonds. The smallest absolute Gasteiger partial charge is 0.245 e. The standard InChI is InChI=1S/C10H18N4OS/c1-9(2,3)7-13-14-8(16-7)12-6(15)10(4,5)11/h11H2,1-5H3,(H,12,14,15). The molecule has 0 saturated heterocycles. The number of hydrogen-bond donors (Lipinski definition) is 2. The molecule has 3 N–H and O–H groups in total. The van der Waals surface area contributed by atoms with Gasteiger partial charge in [0.1, 0.15) is 5.01 Å². The van der Waals surface area contributed by atoms with Gasteiger partial charge in [-0.3, -0.25) is 10.1 Å². The lowest BCUT2D eigenvalue weighted by Gasteiger charge is -2.16. The highest BCUT2D eigenvalue weighted by atomic mass is 32.1. The van der Waals surface area contributed by atoms with E-state index in [1.54, 1.807) is 13.8 Å². The normalized spacial score (nSPS) is 12.6. The van der Waals surface area contributed by atoms with Gasteiger partial charge in [-0.1, -0.05) is 32.1 Å². The Hall–Kier alpha value is -1.01. The van der Waals surface area contributed by atoms with Gasteiger partial charge in [0.15, 0.2) is 0 Å². The van der Waals surface area contributed by atoms with Crippen LogP contribution in [-0.2, 0) is 10.2 Å². The molecule has 0 unspecified atom stereocenters. The minimum Gasteiger partial charge on any atom is -0.318 e. The fourth-order valence-corrected chi connectivity index (χ4v) is 1.63. The van der Waals surface area contributed by atoms with Crippen molar-refractivity contribution in [3.8, 4) is 0 Å². The molecule has 1 aromatic rings. The molecule has 0 aliphatic heterocycles. The molecular weight excluding hydrogens is 224 g/mol. The van der Waals surface area contributed by atoms with Crippen LogP contribution in [0.3, 0.4) is 0 Å². The predicted molar refractivity (Wildman–Crippen MR) is 65.5 cm³/mol. The van der Waals surface area contributed by atoms with Crippen molar-refractivity contribution in [3.63, 3.8) is 0 Å². The van der Waals surface area contributed by atoms with Crippen molar-refractivity contribution in [2.24, 2.45) is 5.73 Å². The summed E-state index contributed by atoms with van der Waals surface area (Å²) in [6.45, 7) is 9.44. The van der Waals surface area contributed by atoms with Crippen LogP contribution in [0.25, 0.3) is 0 Å². The molecule has 90 valence electrons. The Labute approximate surface area is 99.5 Å². The van der Waals surface area contributed by atoms with E-state index < -0.39 is 5.54 Å². The van der Waals surface area contributed by atoms with E-state index in [4.69, 9.17) is 5.73 Å². The summed E-state index contributed by atoms with van der Waals surface area (Å²) in [7, 11) is 0. The van der Waals surface area contributed by atoms with Crippen molar-refractivity contribution in [2.75, 3.05) is 5.32 Å². The summed E-state index contributed by atoms with van der Waals surface area (Å²) < 4.78 is 0. The first kappa shape index (κ1) is 13.1. The predicted octanol–water partition coefficient (Wildman–Crippen LogP) is 1.51. The molecule has 0 saturated carbocycles. The molecule has 16 heavy (non-hydrogen) atoms. The number of aromatic nitrogens is 2. The molecule has 0 aliphatic rings. The Kier molecular flexibility index (Phi) is 3.35. The molecular formula is C10H18N4OS. The minimum atomic E-state index is -0.909. The van der Waals surface area contributed by atoms with Crippen LogP contribution in [0, 0.1) is 0 Å². The number of carbonyl (C=O) groups excluding carboxylic acids is 1. The van der Waals surface area contributed by atoms with Gasteiger partial charge in [0.2, 0.25) is 11.0 Å². The van der Waals surface area contributed by atoms with Gasteiger partial charge in [-0.15, -0.1) is 10.2 Å². The zero-order valence-corrected chi connectivity index (χ0v) is 11.1. The summed E-state index contributed by atoms with van der Waals surface area (Å²) in [5, 5.41) is 12.0. The summed E-state index contributed by atoms with van der Waals surface area (Å²) in [6, 6.07) is 0. The van der Waals surface area contributed by atoms with Gasteiger partial charge >= 0.3 is 0 Å². The molecule has 0 atom stereocenters. The number of nitrogens with zero attached hydrogens (tertiary/aromatic N) is 2. The van der Waals surface area contributed by atoms with Crippen LogP contribution in [0.4, 0.5) is 5.13 Å². The van der Waals surface area contributed by atoms with Crippen LogP contribution in [0.2, 0.25) is 0 Å². The van der Waals surface area contributed by atoms with E-state index in [0.29, 0.717) is 5.13 Å². The second-order valence-corrected chi connectivity index (χ2v) is 6.32. The maximum atomic E-state index is 11.6. The molecule has 0 spiro atoms. The van der Waals surface area contributed by atoms with E-state index >= 15 is 0 Å². The van der Waals surface area contributed by atoms with Crippen molar-refractivity contribution in [1.29, 1.82) is 0 Å². The highest BCUT2D eigenvalue weighted by Crippen LogP contribution is 2.27. The fraction of sp³-hybridized carbons (Fsp3) is 0.700. The molecule has 1 aromatic heterocycles. The zero-order chi connectivity index (χ0) is 12.6. The molecule has 5 nitrogen and oxygen atoms in total. The van der Waals surface area contributed by atoms with E-state index in [-0.39, 0.29) is 11.3 Å². The average molecular weight is 242 g/mol. The monoisotopic (exact) mass is 242 g/mol. The third-order valence-corrected chi connectivity index (χ3v) is 3.14. The molecule has 0 radical (unpaired) electrons. The van der Waals surface area contributed by atoms with Crippen LogP contribution < -0.4 is 11.1 Å². The maximum absolute atomic E-state index is 11.6. The van der Waals surface area contributed by atoms with Crippen molar-refractivity contribution < 1.29 is 4.79 Å². The molecule has 1 rings (SSSR count). The second kappa shape index (κ2) is 4.10. The van der Waals surface area contributed by atoms with E-state index in [9.17, 15) is 4.79 Å². The lowest BCUT2D eigenvalue weighted by molar-refractivity contribution is -0.120. The van der Waals surface area contributed by atoms with Gasteiger partial charge in [-0.05, 0) is 13.8 Å². The number of amides is 1. The number of anilines is 1. The first-order chi connectivity index (χ1) is 7.10. The van der Waals surface area contributed by atoms with Crippen molar-refractivity contribution in [3.05, 3.63) is 5.01 Å². The third-order valence-electron chi connectivity index (χ3n) is 1.87. The van der Waals surface area contributed by atoms with E-state index in [0.717, 1.165) is 5.01 Å². The molecule has 1 heterocycles. The van der Waals surface area contributed by atoms with Crippen LogP contribution in [0.15, 0.2) is 0 Å². The Morgan fingerprint density at radius 3 is 2.19 bits per heavy atom.